The number of halogens is 2. The first-order chi connectivity index (χ1) is 13.1. The number of likely N-dealkylation sites (N-methyl/N-ethyl adjacent to an activating group) is 1. The van der Waals surface area contributed by atoms with Crippen LogP contribution in [0.3, 0.4) is 0 Å². The summed E-state index contributed by atoms with van der Waals surface area (Å²) >= 11 is 0. The zero-order valence-corrected chi connectivity index (χ0v) is 16.5. The van der Waals surface area contributed by atoms with Gasteiger partial charge in [-0.05, 0) is 31.7 Å². The van der Waals surface area contributed by atoms with Gasteiger partial charge >= 0.3 is 0 Å². The number of fused-ring (bicyclic) bond motifs is 1. The molecule has 28 heavy (non-hydrogen) atoms. The Kier molecular flexibility index (Phi) is 4.77. The van der Waals surface area contributed by atoms with Gasteiger partial charge in [-0.25, -0.2) is 17.2 Å². The number of rotatable bonds is 3. The highest BCUT2D eigenvalue weighted by Gasteiger charge is 2.39. The monoisotopic (exact) mass is 411 g/mol. The summed E-state index contributed by atoms with van der Waals surface area (Å²) in [5, 5.41) is 4.18. The summed E-state index contributed by atoms with van der Waals surface area (Å²) in [6, 6.07) is 2.82. The van der Waals surface area contributed by atoms with Gasteiger partial charge in [-0.15, -0.1) is 0 Å². The van der Waals surface area contributed by atoms with Gasteiger partial charge in [0.05, 0.1) is 18.0 Å². The maximum Gasteiger partial charge on any atom is 0.250 e. The van der Waals surface area contributed by atoms with Crippen molar-refractivity contribution in [1.82, 2.24) is 19.0 Å². The summed E-state index contributed by atoms with van der Waals surface area (Å²) in [4.78, 5) is 4.17. The number of aromatic nitrogens is 2. The van der Waals surface area contributed by atoms with E-state index in [-0.39, 0.29) is 17.6 Å². The van der Waals surface area contributed by atoms with E-state index >= 15 is 0 Å². The van der Waals surface area contributed by atoms with Crippen LogP contribution in [-0.2, 0) is 23.1 Å². The first kappa shape index (κ1) is 19.4. The minimum Gasteiger partial charge on any atom is -0.326 e. The molecule has 1 aromatic heterocycles. The van der Waals surface area contributed by atoms with E-state index in [1.807, 2.05) is 11.9 Å². The highest BCUT2D eigenvalue weighted by molar-refractivity contribution is 7.89. The first-order valence-electron chi connectivity index (χ1n) is 9.06. The summed E-state index contributed by atoms with van der Waals surface area (Å²) in [7, 11) is -1.53. The second-order valence-electron chi connectivity index (χ2n) is 7.75. The molecule has 1 aromatic carbocycles. The molecule has 2 aliphatic rings. The quantitative estimate of drug-likeness (QED) is 0.813. The van der Waals surface area contributed by atoms with Crippen LogP contribution < -0.4 is 5.73 Å². The Morgan fingerprint density at radius 2 is 2.00 bits per heavy atom. The summed E-state index contributed by atoms with van der Waals surface area (Å²) in [6.07, 6.45) is 3.30. The van der Waals surface area contributed by atoms with E-state index in [1.54, 1.807) is 6.20 Å². The van der Waals surface area contributed by atoms with E-state index in [0.29, 0.717) is 26.1 Å². The average molecular weight is 411 g/mol. The van der Waals surface area contributed by atoms with Crippen molar-refractivity contribution in [3.05, 3.63) is 52.9 Å². The third-order valence-corrected chi connectivity index (χ3v) is 6.51. The molecule has 152 valence electrons. The number of hydrogen-bond donors (Lipinski definition) is 1. The second kappa shape index (κ2) is 6.87. The van der Waals surface area contributed by atoms with E-state index in [2.05, 4.69) is 10.00 Å². The van der Waals surface area contributed by atoms with Gasteiger partial charge < -0.3 is 5.73 Å². The van der Waals surface area contributed by atoms with Gasteiger partial charge in [-0.1, -0.05) is 0 Å². The predicted octanol–water partition coefficient (Wildman–Crippen LogP) is 1.06. The Morgan fingerprint density at radius 1 is 1.25 bits per heavy atom. The van der Waals surface area contributed by atoms with E-state index < -0.39 is 27.7 Å². The lowest BCUT2D eigenvalue weighted by atomic mass is 9.88. The van der Waals surface area contributed by atoms with Crippen molar-refractivity contribution in [3.63, 3.8) is 0 Å². The molecule has 0 aliphatic carbocycles. The number of nitrogens with zero attached hydrogens (tertiary/aromatic N) is 4. The number of benzene rings is 1. The highest BCUT2D eigenvalue weighted by atomic mass is 32.2. The Labute approximate surface area is 162 Å². The van der Waals surface area contributed by atoms with Crippen molar-refractivity contribution in [2.75, 3.05) is 19.8 Å². The summed E-state index contributed by atoms with van der Waals surface area (Å²) < 4.78 is 52.2. The van der Waals surface area contributed by atoms with Gasteiger partial charge in [0, 0.05) is 49.0 Å². The smallest absolute Gasteiger partial charge is 0.250 e. The van der Waals surface area contributed by atoms with Gasteiger partial charge in [-0.3, -0.25) is 9.80 Å². The molecule has 10 heteroatoms. The standard InChI is InChI=1S/C18H23F2N5O2S/c1-23-9-13(6-16(21)18(23)14-5-12(19)3-4-15(14)20)24-7-11-8-25(28(2,26)27)22-17(11)10-24/h3-5,8,13,16,18H,6-7,9-10,21H2,1-2H3/t13-,16+,18?/m1/s1. The minimum atomic E-state index is -3.39. The topological polar surface area (TPSA) is 84.5 Å². The number of piperidine rings is 1. The molecular weight excluding hydrogens is 388 g/mol. The number of hydrogen-bond acceptors (Lipinski definition) is 6. The van der Waals surface area contributed by atoms with E-state index in [9.17, 15) is 17.2 Å². The Hall–Kier alpha value is -1.88. The molecule has 3 heterocycles. The minimum absolute atomic E-state index is 0.119. The first-order valence-corrected chi connectivity index (χ1v) is 10.9. The van der Waals surface area contributed by atoms with Crippen LogP contribution in [0.2, 0.25) is 0 Å². The van der Waals surface area contributed by atoms with Crippen molar-refractivity contribution >= 4 is 10.0 Å². The van der Waals surface area contributed by atoms with Crippen LogP contribution in [0.15, 0.2) is 24.4 Å². The van der Waals surface area contributed by atoms with Gasteiger partial charge in [0.2, 0.25) is 0 Å². The lowest BCUT2D eigenvalue weighted by molar-refractivity contribution is 0.0585. The fourth-order valence-corrected chi connectivity index (χ4v) is 4.91. The van der Waals surface area contributed by atoms with Crippen LogP contribution >= 0.6 is 0 Å². The van der Waals surface area contributed by atoms with Crippen LogP contribution in [0.1, 0.15) is 29.3 Å². The van der Waals surface area contributed by atoms with Crippen molar-refractivity contribution < 1.29 is 17.2 Å². The Balaban J connectivity index is 1.49. The number of nitrogens with two attached hydrogens (primary N) is 1. The van der Waals surface area contributed by atoms with Crippen molar-refractivity contribution in [1.29, 1.82) is 0 Å². The Morgan fingerprint density at radius 3 is 2.64 bits per heavy atom. The van der Waals surface area contributed by atoms with Gasteiger partial charge in [0.1, 0.15) is 11.6 Å². The molecule has 4 rings (SSSR count). The van der Waals surface area contributed by atoms with Crippen molar-refractivity contribution in [3.8, 4) is 0 Å². The molecule has 0 bridgehead atoms. The van der Waals surface area contributed by atoms with Crippen LogP contribution in [0.25, 0.3) is 0 Å². The maximum atomic E-state index is 14.3. The fourth-order valence-electron chi connectivity index (χ4n) is 4.34. The predicted molar refractivity (Wildman–Crippen MR) is 99.8 cm³/mol. The molecule has 1 saturated heterocycles. The third-order valence-electron chi connectivity index (χ3n) is 5.64. The molecule has 2 aromatic rings. The number of likely N-dealkylation sites (tertiary alicyclic amines) is 1. The van der Waals surface area contributed by atoms with Gasteiger partial charge in [0.15, 0.2) is 0 Å². The molecule has 2 N–H and O–H groups in total. The molecule has 1 fully saturated rings. The summed E-state index contributed by atoms with van der Waals surface area (Å²) in [6.45, 7) is 1.78. The van der Waals surface area contributed by atoms with Crippen molar-refractivity contribution in [2.24, 2.45) is 5.73 Å². The van der Waals surface area contributed by atoms with E-state index in [0.717, 1.165) is 33.7 Å². The normalized spacial score (nSPS) is 26.5. The second-order valence-corrected chi connectivity index (χ2v) is 9.59. The molecule has 0 spiro atoms. The molecule has 0 radical (unpaired) electrons. The van der Waals surface area contributed by atoms with Crippen LogP contribution in [-0.4, -0.2) is 59.3 Å². The largest absolute Gasteiger partial charge is 0.326 e. The van der Waals surface area contributed by atoms with Crippen LogP contribution in [0.4, 0.5) is 8.78 Å². The molecule has 1 unspecified atom stereocenters. The van der Waals surface area contributed by atoms with Gasteiger partial charge in [-0.2, -0.15) is 9.19 Å². The highest BCUT2D eigenvalue weighted by Crippen LogP contribution is 2.35. The van der Waals surface area contributed by atoms with E-state index in [1.165, 1.54) is 6.07 Å². The molecule has 3 atom stereocenters. The molecule has 0 amide bonds. The lowest BCUT2D eigenvalue weighted by Gasteiger charge is -2.44. The Bertz CT molecular complexity index is 974. The molecule has 2 aliphatic heterocycles. The average Bonchev–Trinajstić information content (AvgIpc) is 3.16. The lowest BCUT2D eigenvalue weighted by Crippen LogP contribution is -2.54. The van der Waals surface area contributed by atoms with Crippen LogP contribution in [0, 0.1) is 11.6 Å². The zero-order chi connectivity index (χ0) is 20.2. The van der Waals surface area contributed by atoms with Crippen LogP contribution in [0.5, 0.6) is 0 Å². The van der Waals surface area contributed by atoms with Gasteiger partial charge in [0.25, 0.3) is 10.0 Å². The zero-order valence-electron chi connectivity index (χ0n) is 15.7. The summed E-state index contributed by atoms with van der Waals surface area (Å²) in [5.41, 5.74) is 8.30. The molecule has 0 saturated carbocycles. The maximum absolute atomic E-state index is 14.3. The summed E-state index contributed by atoms with van der Waals surface area (Å²) in [5.74, 6) is -0.935. The fraction of sp³-hybridized carbons (Fsp3) is 0.500. The third kappa shape index (κ3) is 3.45. The van der Waals surface area contributed by atoms with E-state index in [4.69, 9.17) is 5.73 Å². The van der Waals surface area contributed by atoms with Crippen molar-refractivity contribution in [2.45, 2.75) is 37.6 Å². The molecule has 7 nitrogen and oxygen atoms in total. The SMILES string of the molecule is CN1C[C@H](N2Cc3cn(S(C)(=O)=O)nc3C2)C[C@H](N)C1c1cc(F)ccc1F. The molecular formula is C18H23F2N5O2S.